The van der Waals surface area contributed by atoms with Gasteiger partial charge in [0.15, 0.2) is 0 Å². The molecule has 1 rings (SSSR count). The van der Waals surface area contributed by atoms with Crippen LogP contribution in [0.2, 0.25) is 0 Å². The molecule has 0 heterocycles. The Morgan fingerprint density at radius 2 is 1.77 bits per heavy atom. The smallest absolute Gasteiger partial charge is 0.331 e. The second kappa shape index (κ2) is 11.8. The summed E-state index contributed by atoms with van der Waals surface area (Å²) in [4.78, 5) is 20.2. The van der Waals surface area contributed by atoms with Crippen molar-refractivity contribution in [1.82, 2.24) is 0 Å². The van der Waals surface area contributed by atoms with Crippen LogP contribution in [0.4, 0.5) is 0 Å². The summed E-state index contributed by atoms with van der Waals surface area (Å²) in [7, 11) is 2.66. The molecule has 0 radical (unpaired) electrons. The fourth-order valence-electron chi connectivity index (χ4n) is 1.51. The first-order valence-electron chi connectivity index (χ1n) is 7.94. The average molecular weight is 389 g/mol. The number of rotatable bonds is 9. The minimum absolute atomic E-state index is 0.121. The molecule has 0 spiro atoms. The van der Waals surface area contributed by atoms with Gasteiger partial charge in [0.05, 0.1) is 39.2 Å². The molecule has 0 aliphatic rings. The van der Waals surface area contributed by atoms with E-state index in [0.29, 0.717) is 12.2 Å². The van der Waals surface area contributed by atoms with Crippen molar-refractivity contribution >= 4 is 16.1 Å². The first kappa shape index (κ1) is 24.2. The molecule has 0 fully saturated rings. The highest BCUT2D eigenvalue weighted by molar-refractivity contribution is 7.86. The van der Waals surface area contributed by atoms with Gasteiger partial charge < -0.3 is 10.2 Å². The Balaban J connectivity index is 0.000000485. The standard InChI is InChI=1S/C10H20NO3.C7H9NO3S/c1-9(2)10(12)14-13-8-6-7-11(3,4)5;8-6-11-12(9,10)7-4-2-1-3-5-7/h1,6-8H2,2-5H3;1-5H,6,8H2/q+1;. The van der Waals surface area contributed by atoms with Gasteiger partial charge in [0, 0.05) is 12.0 Å². The van der Waals surface area contributed by atoms with Crippen molar-refractivity contribution in [3.63, 3.8) is 0 Å². The van der Waals surface area contributed by atoms with E-state index in [2.05, 4.69) is 36.8 Å². The van der Waals surface area contributed by atoms with Crippen molar-refractivity contribution < 1.29 is 31.7 Å². The molecule has 0 bridgehead atoms. The summed E-state index contributed by atoms with van der Waals surface area (Å²) in [6.07, 6.45) is 0.854. The van der Waals surface area contributed by atoms with Crippen LogP contribution in [0.1, 0.15) is 13.3 Å². The minimum atomic E-state index is -3.64. The second-order valence-electron chi connectivity index (χ2n) is 6.39. The molecule has 0 aliphatic carbocycles. The highest BCUT2D eigenvalue weighted by Gasteiger charge is 2.12. The van der Waals surface area contributed by atoms with Crippen LogP contribution in [0.3, 0.4) is 0 Å². The van der Waals surface area contributed by atoms with Gasteiger partial charge in [-0.15, -0.1) is 0 Å². The van der Waals surface area contributed by atoms with Gasteiger partial charge in [-0.05, 0) is 19.1 Å². The Hall–Kier alpha value is -1.78. The second-order valence-corrected chi connectivity index (χ2v) is 8.01. The van der Waals surface area contributed by atoms with Crippen LogP contribution in [-0.2, 0) is 28.9 Å². The monoisotopic (exact) mass is 389 g/mol. The molecule has 8 nitrogen and oxygen atoms in total. The van der Waals surface area contributed by atoms with Crippen LogP contribution in [0.5, 0.6) is 0 Å². The zero-order chi connectivity index (χ0) is 20.2. The lowest BCUT2D eigenvalue weighted by atomic mass is 10.4. The summed E-state index contributed by atoms with van der Waals surface area (Å²) in [5.41, 5.74) is 5.29. The Bertz CT molecular complexity index is 654. The Morgan fingerprint density at radius 3 is 2.23 bits per heavy atom. The fraction of sp³-hybridized carbons (Fsp3) is 0.471. The largest absolute Gasteiger partial charge is 0.368 e. The van der Waals surface area contributed by atoms with E-state index in [1.54, 1.807) is 25.1 Å². The maximum atomic E-state index is 11.1. The number of carbonyl (C=O) groups excluding carboxylic acids is 1. The van der Waals surface area contributed by atoms with E-state index in [1.165, 1.54) is 12.1 Å². The van der Waals surface area contributed by atoms with E-state index in [9.17, 15) is 13.2 Å². The van der Waals surface area contributed by atoms with Gasteiger partial charge in [0.25, 0.3) is 10.1 Å². The van der Waals surface area contributed by atoms with Crippen molar-refractivity contribution in [3.8, 4) is 0 Å². The number of nitrogens with two attached hydrogens (primary N) is 1. The molecule has 0 aliphatic heterocycles. The quantitative estimate of drug-likeness (QED) is 0.130. The lowest BCUT2D eigenvalue weighted by molar-refractivity contribution is -0.870. The van der Waals surface area contributed by atoms with Crippen molar-refractivity contribution in [2.45, 2.75) is 18.2 Å². The molecular weight excluding hydrogens is 360 g/mol. The summed E-state index contributed by atoms with van der Waals surface area (Å²) in [6, 6.07) is 7.86. The first-order chi connectivity index (χ1) is 12.0. The third-order valence-corrected chi connectivity index (χ3v) is 4.09. The third-order valence-electron chi connectivity index (χ3n) is 2.79. The van der Waals surface area contributed by atoms with Gasteiger partial charge in [-0.1, -0.05) is 24.8 Å². The summed E-state index contributed by atoms with van der Waals surface area (Å²) >= 11 is 0. The summed E-state index contributed by atoms with van der Waals surface area (Å²) < 4.78 is 27.5. The average Bonchev–Trinajstić information content (AvgIpc) is 2.54. The number of nitrogens with zero attached hydrogens (tertiary/aromatic N) is 1. The van der Waals surface area contributed by atoms with E-state index in [0.717, 1.165) is 17.4 Å². The molecule has 26 heavy (non-hydrogen) atoms. The predicted octanol–water partition coefficient (Wildman–Crippen LogP) is 1.44. The molecule has 0 amide bonds. The minimum Gasteiger partial charge on any atom is -0.331 e. The van der Waals surface area contributed by atoms with Gasteiger partial charge in [0.2, 0.25) is 0 Å². The predicted molar refractivity (Wildman–Crippen MR) is 98.1 cm³/mol. The molecule has 0 atom stereocenters. The number of benzene rings is 1. The maximum Gasteiger partial charge on any atom is 0.368 e. The Labute approximate surface area is 155 Å². The van der Waals surface area contributed by atoms with E-state index < -0.39 is 16.1 Å². The molecule has 9 heteroatoms. The molecule has 1 aromatic carbocycles. The number of hydrogen-bond acceptors (Lipinski definition) is 7. The zero-order valence-electron chi connectivity index (χ0n) is 15.8. The summed E-state index contributed by atoms with van der Waals surface area (Å²) in [5, 5.41) is 0. The van der Waals surface area contributed by atoms with Crippen LogP contribution in [0.15, 0.2) is 47.4 Å². The zero-order valence-corrected chi connectivity index (χ0v) is 16.6. The van der Waals surface area contributed by atoms with Gasteiger partial charge in [-0.25, -0.2) is 4.79 Å². The molecule has 2 N–H and O–H groups in total. The SMILES string of the molecule is C=C(C)C(=O)OOCCC[N+](C)(C)C.NCOS(=O)(=O)c1ccccc1. The van der Waals surface area contributed by atoms with Crippen LogP contribution in [-0.4, -0.2) is 59.9 Å². The van der Waals surface area contributed by atoms with Crippen molar-refractivity contribution in [2.75, 3.05) is 41.0 Å². The molecule has 0 aromatic heterocycles. The Kier molecular flexibility index (Phi) is 11.0. The van der Waals surface area contributed by atoms with Gasteiger partial charge >= 0.3 is 5.97 Å². The fourth-order valence-corrected chi connectivity index (χ4v) is 2.31. The van der Waals surface area contributed by atoms with Gasteiger partial charge in [-0.3, -0.25) is 9.07 Å². The first-order valence-corrected chi connectivity index (χ1v) is 9.34. The highest BCUT2D eigenvalue weighted by atomic mass is 32.2. The molecule has 0 saturated heterocycles. The van der Waals surface area contributed by atoms with Crippen LogP contribution in [0, 0.1) is 0 Å². The molecule has 0 unspecified atom stereocenters. The lowest BCUT2D eigenvalue weighted by Gasteiger charge is -2.23. The number of quaternary nitrogens is 1. The van der Waals surface area contributed by atoms with Crippen LogP contribution in [0.25, 0.3) is 0 Å². The van der Waals surface area contributed by atoms with Crippen LogP contribution < -0.4 is 5.73 Å². The summed E-state index contributed by atoms with van der Waals surface area (Å²) in [6.45, 7) is 6.08. The van der Waals surface area contributed by atoms with E-state index in [1.807, 2.05) is 0 Å². The van der Waals surface area contributed by atoms with Gasteiger partial charge in [0.1, 0.15) is 6.73 Å². The lowest BCUT2D eigenvalue weighted by Crippen LogP contribution is -2.35. The third kappa shape index (κ3) is 11.7. The number of carbonyl (C=O) groups is 1. The molecular formula is C17H29N2O6S+. The van der Waals surface area contributed by atoms with Crippen LogP contribution >= 0.6 is 0 Å². The van der Waals surface area contributed by atoms with Gasteiger partial charge in [-0.2, -0.15) is 13.3 Å². The Morgan fingerprint density at radius 1 is 1.19 bits per heavy atom. The molecule has 0 saturated carbocycles. The number of hydrogen-bond donors (Lipinski definition) is 1. The van der Waals surface area contributed by atoms with E-state index in [-0.39, 0.29) is 11.6 Å². The normalized spacial score (nSPS) is 11.3. The highest BCUT2D eigenvalue weighted by Crippen LogP contribution is 2.09. The van der Waals surface area contributed by atoms with E-state index in [4.69, 9.17) is 10.6 Å². The molecule has 1 aromatic rings. The topological polar surface area (TPSA) is 105 Å². The summed E-state index contributed by atoms with van der Waals surface area (Å²) in [5.74, 6) is -0.504. The van der Waals surface area contributed by atoms with Crippen molar-refractivity contribution in [3.05, 3.63) is 42.5 Å². The van der Waals surface area contributed by atoms with Crippen molar-refractivity contribution in [1.29, 1.82) is 0 Å². The molecule has 148 valence electrons. The van der Waals surface area contributed by atoms with Crippen molar-refractivity contribution in [2.24, 2.45) is 5.73 Å². The maximum absolute atomic E-state index is 11.1. The van der Waals surface area contributed by atoms with E-state index >= 15 is 0 Å².